The highest BCUT2D eigenvalue weighted by atomic mass is 16.2. The van der Waals surface area contributed by atoms with Crippen LogP contribution >= 0.6 is 0 Å². The maximum atomic E-state index is 13.5. The van der Waals surface area contributed by atoms with Gasteiger partial charge in [0, 0.05) is 29.0 Å². The van der Waals surface area contributed by atoms with Gasteiger partial charge in [-0.3, -0.25) is 14.5 Å². The molecule has 3 N–H and O–H groups in total. The fourth-order valence-corrected chi connectivity index (χ4v) is 5.93. The third-order valence-corrected chi connectivity index (χ3v) is 8.31. The van der Waals surface area contributed by atoms with Crippen LogP contribution in [0.5, 0.6) is 0 Å². The Labute approximate surface area is 253 Å². The highest BCUT2D eigenvalue weighted by Crippen LogP contribution is 2.38. The molecule has 218 valence electrons. The molecule has 2 aliphatic rings. The summed E-state index contributed by atoms with van der Waals surface area (Å²) in [4.78, 5) is 29.4. The summed E-state index contributed by atoms with van der Waals surface area (Å²) in [6.45, 7) is 7.20. The molecule has 2 amide bonds. The van der Waals surface area contributed by atoms with Crippen LogP contribution in [0.15, 0.2) is 97.1 Å². The van der Waals surface area contributed by atoms with E-state index in [0.29, 0.717) is 28.1 Å². The van der Waals surface area contributed by atoms with Crippen LogP contribution in [0, 0.1) is 6.92 Å². The van der Waals surface area contributed by atoms with Gasteiger partial charge in [0.15, 0.2) is 0 Å². The van der Waals surface area contributed by atoms with Crippen LogP contribution in [-0.4, -0.2) is 29.8 Å². The van der Waals surface area contributed by atoms with Gasteiger partial charge < -0.3 is 16.0 Å². The molecule has 0 aliphatic carbocycles. The summed E-state index contributed by atoms with van der Waals surface area (Å²) in [6, 6.07) is 31.7. The molecule has 0 bridgehead atoms. The molecule has 4 aromatic rings. The minimum atomic E-state index is -0.198. The Balaban J connectivity index is 1.32. The smallest absolute Gasteiger partial charge is 0.258 e. The minimum Gasteiger partial charge on any atom is -0.354 e. The Morgan fingerprint density at radius 1 is 0.860 bits per heavy atom. The second-order valence-corrected chi connectivity index (χ2v) is 11.6. The number of piperidine rings is 1. The quantitative estimate of drug-likeness (QED) is 0.193. The van der Waals surface area contributed by atoms with Gasteiger partial charge in [-0.2, -0.15) is 0 Å². The molecule has 6 rings (SSSR count). The van der Waals surface area contributed by atoms with E-state index in [1.54, 1.807) is 6.07 Å². The van der Waals surface area contributed by atoms with Crippen LogP contribution in [0.25, 0.3) is 11.3 Å². The van der Waals surface area contributed by atoms with Crippen molar-refractivity contribution < 1.29 is 9.59 Å². The van der Waals surface area contributed by atoms with Gasteiger partial charge in [-0.05, 0) is 86.8 Å². The van der Waals surface area contributed by atoms with E-state index in [4.69, 9.17) is 0 Å². The van der Waals surface area contributed by atoms with E-state index < -0.39 is 0 Å². The zero-order chi connectivity index (χ0) is 29.8. The fraction of sp³-hybridized carbons (Fsp3) is 0.243. The first-order chi connectivity index (χ1) is 20.9. The molecule has 2 aliphatic heterocycles. The third-order valence-electron chi connectivity index (χ3n) is 8.31. The lowest BCUT2D eigenvalue weighted by Crippen LogP contribution is -2.29. The van der Waals surface area contributed by atoms with Gasteiger partial charge in [-0.1, -0.05) is 78.7 Å². The summed E-state index contributed by atoms with van der Waals surface area (Å²) < 4.78 is 0. The number of rotatable bonds is 8. The van der Waals surface area contributed by atoms with E-state index in [-0.39, 0.29) is 17.9 Å². The van der Waals surface area contributed by atoms with Crippen LogP contribution in [0.4, 0.5) is 11.4 Å². The Kier molecular flexibility index (Phi) is 8.38. The van der Waals surface area contributed by atoms with Crippen LogP contribution in [0.3, 0.4) is 0 Å². The number of benzene rings is 4. The summed E-state index contributed by atoms with van der Waals surface area (Å²) in [6.07, 6.45) is 3.81. The second kappa shape index (κ2) is 12.7. The lowest BCUT2D eigenvalue weighted by atomic mass is 9.98. The Hall–Kier alpha value is -4.68. The molecule has 0 aromatic heterocycles. The predicted molar refractivity (Wildman–Crippen MR) is 175 cm³/mol. The first-order valence-corrected chi connectivity index (χ1v) is 15.2. The van der Waals surface area contributed by atoms with E-state index in [1.165, 1.54) is 30.4 Å². The SMILES string of the molecule is Cc1ccc([C@@H](C)NC(=O)c2ccc3c(c2)C(=C(Nc2cccc(CN4CCCCC4)c2)c2ccccc2)C(=O)N3)cc1. The van der Waals surface area contributed by atoms with Crippen molar-refractivity contribution in [1.29, 1.82) is 0 Å². The van der Waals surface area contributed by atoms with Crippen molar-refractivity contribution in [1.82, 2.24) is 10.2 Å². The molecule has 1 saturated heterocycles. The normalized spacial score (nSPS) is 16.7. The summed E-state index contributed by atoms with van der Waals surface area (Å²) in [5.74, 6) is -0.384. The molecule has 0 spiro atoms. The average molecular weight is 571 g/mol. The number of likely N-dealkylation sites (tertiary alicyclic amines) is 1. The molecule has 4 aromatic carbocycles. The van der Waals surface area contributed by atoms with Crippen LogP contribution in [0.2, 0.25) is 0 Å². The number of fused-ring (bicyclic) bond motifs is 1. The molecule has 1 atom stereocenters. The van der Waals surface area contributed by atoms with Gasteiger partial charge in [-0.25, -0.2) is 0 Å². The van der Waals surface area contributed by atoms with Crippen molar-refractivity contribution in [2.24, 2.45) is 0 Å². The van der Waals surface area contributed by atoms with Gasteiger partial charge in [-0.15, -0.1) is 0 Å². The van der Waals surface area contributed by atoms with E-state index in [9.17, 15) is 9.59 Å². The number of aryl methyl sites for hydroxylation is 1. The third kappa shape index (κ3) is 6.55. The first kappa shape index (κ1) is 28.4. The topological polar surface area (TPSA) is 73.5 Å². The van der Waals surface area contributed by atoms with E-state index in [2.05, 4.69) is 39.0 Å². The van der Waals surface area contributed by atoms with Gasteiger partial charge in [0.2, 0.25) is 0 Å². The first-order valence-electron chi connectivity index (χ1n) is 15.2. The van der Waals surface area contributed by atoms with Crippen molar-refractivity contribution in [3.05, 3.63) is 130 Å². The number of carbonyl (C=O) groups excluding carboxylic acids is 2. The monoisotopic (exact) mass is 570 g/mol. The van der Waals surface area contributed by atoms with Gasteiger partial charge >= 0.3 is 0 Å². The summed E-state index contributed by atoms with van der Waals surface area (Å²) in [5, 5.41) is 9.71. The van der Waals surface area contributed by atoms with Crippen molar-refractivity contribution in [2.75, 3.05) is 23.7 Å². The van der Waals surface area contributed by atoms with Crippen LogP contribution in [-0.2, 0) is 11.3 Å². The van der Waals surface area contributed by atoms with E-state index >= 15 is 0 Å². The van der Waals surface area contributed by atoms with Crippen molar-refractivity contribution >= 4 is 34.5 Å². The Morgan fingerprint density at radius 3 is 2.40 bits per heavy atom. The minimum absolute atomic E-state index is 0.158. The standard InChI is InChI=1S/C37H38N4O2/c1-25-14-16-28(17-15-25)26(2)38-36(42)30-18-19-33-32(23-30)34(37(43)40-33)35(29-11-5-3-6-12-29)39-31-13-9-10-27(22-31)24-41-20-7-4-8-21-41/h3,5-6,9-19,22-23,26,39H,4,7-8,20-21,24H2,1-2H3,(H,38,42)(H,40,43)/t26-/m1/s1. The molecular formula is C37H38N4O2. The number of amides is 2. The molecule has 1 fully saturated rings. The summed E-state index contributed by atoms with van der Waals surface area (Å²) in [7, 11) is 0. The van der Waals surface area contributed by atoms with Crippen molar-refractivity contribution in [3.8, 4) is 0 Å². The van der Waals surface area contributed by atoms with Crippen molar-refractivity contribution in [3.63, 3.8) is 0 Å². The molecule has 6 heteroatoms. The molecule has 2 heterocycles. The Morgan fingerprint density at radius 2 is 1.63 bits per heavy atom. The lowest BCUT2D eigenvalue weighted by molar-refractivity contribution is -0.110. The number of hydrogen-bond donors (Lipinski definition) is 3. The number of nitrogens with one attached hydrogen (secondary N) is 3. The zero-order valence-corrected chi connectivity index (χ0v) is 24.8. The maximum Gasteiger partial charge on any atom is 0.258 e. The summed E-state index contributed by atoms with van der Waals surface area (Å²) in [5.41, 5.74) is 8.39. The largest absolute Gasteiger partial charge is 0.354 e. The molecule has 6 nitrogen and oxygen atoms in total. The number of hydrogen-bond acceptors (Lipinski definition) is 4. The predicted octanol–water partition coefficient (Wildman–Crippen LogP) is 7.40. The fourth-order valence-electron chi connectivity index (χ4n) is 5.93. The Bertz CT molecular complexity index is 1650. The lowest BCUT2D eigenvalue weighted by Gasteiger charge is -2.26. The van der Waals surface area contributed by atoms with Crippen LogP contribution < -0.4 is 16.0 Å². The second-order valence-electron chi connectivity index (χ2n) is 11.6. The summed E-state index contributed by atoms with van der Waals surface area (Å²) >= 11 is 0. The maximum absolute atomic E-state index is 13.5. The van der Waals surface area contributed by atoms with E-state index in [1.807, 2.05) is 86.6 Å². The highest BCUT2D eigenvalue weighted by molar-refractivity contribution is 6.37. The average Bonchev–Trinajstić information content (AvgIpc) is 3.36. The number of anilines is 2. The van der Waals surface area contributed by atoms with Crippen molar-refractivity contribution in [2.45, 2.75) is 45.7 Å². The van der Waals surface area contributed by atoms with E-state index in [0.717, 1.165) is 36.4 Å². The molecule has 0 unspecified atom stereocenters. The zero-order valence-electron chi connectivity index (χ0n) is 24.8. The molecule has 43 heavy (non-hydrogen) atoms. The molecule has 0 saturated carbocycles. The van der Waals surface area contributed by atoms with Gasteiger partial charge in [0.05, 0.1) is 17.3 Å². The van der Waals surface area contributed by atoms with Gasteiger partial charge in [0.25, 0.3) is 11.8 Å². The molecule has 0 radical (unpaired) electrons. The van der Waals surface area contributed by atoms with Gasteiger partial charge in [0.1, 0.15) is 0 Å². The molecular weight excluding hydrogens is 532 g/mol. The highest BCUT2D eigenvalue weighted by Gasteiger charge is 2.29. The number of carbonyl (C=O) groups is 2. The number of nitrogens with zero attached hydrogens (tertiary/aromatic N) is 1. The van der Waals surface area contributed by atoms with Crippen LogP contribution in [0.1, 0.15) is 70.4 Å².